The lowest BCUT2D eigenvalue weighted by atomic mass is 9.83. The summed E-state index contributed by atoms with van der Waals surface area (Å²) in [7, 11) is 0. The highest BCUT2D eigenvalue weighted by Crippen LogP contribution is 2.29. The van der Waals surface area contributed by atoms with Gasteiger partial charge >= 0.3 is 0 Å². The number of benzene rings is 2. The summed E-state index contributed by atoms with van der Waals surface area (Å²) in [5, 5.41) is 11.7. The predicted octanol–water partition coefficient (Wildman–Crippen LogP) is 4.37. The average Bonchev–Trinajstić information content (AvgIpc) is 2.61. The Kier molecular flexibility index (Phi) is 6.78. The molecule has 2 aromatic rings. The number of ketones is 2. The van der Waals surface area contributed by atoms with Gasteiger partial charge in [-0.3, -0.25) is 14.9 Å². The molecule has 0 spiro atoms. The molecule has 0 aliphatic carbocycles. The standard InChI is InChI=1S/C21H23NO4/c1-15-8-11-18(12-9-15)21(24)14-19(17-6-4-3-5-7-17)20(22(25)26)13-10-16(2)23/h3-9,11-12,19-20H,10,13-14H2,1-2H3/t19-,20-/m1/s1. The topological polar surface area (TPSA) is 77.3 Å². The molecule has 0 amide bonds. The van der Waals surface area contributed by atoms with Crippen LogP contribution in [0.25, 0.3) is 0 Å². The van der Waals surface area contributed by atoms with Crippen LogP contribution >= 0.6 is 0 Å². The summed E-state index contributed by atoms with van der Waals surface area (Å²) in [6.07, 6.45) is 0.299. The number of Topliss-reactive ketones (excluding diaryl/α,β-unsaturated/α-hetero) is 2. The van der Waals surface area contributed by atoms with Crippen LogP contribution in [0, 0.1) is 17.0 Å². The molecule has 0 aliphatic heterocycles. The van der Waals surface area contributed by atoms with Gasteiger partial charge in [-0.2, -0.15) is 0 Å². The summed E-state index contributed by atoms with van der Waals surface area (Å²) in [4.78, 5) is 35.3. The van der Waals surface area contributed by atoms with E-state index in [4.69, 9.17) is 0 Å². The van der Waals surface area contributed by atoms with Crippen molar-refractivity contribution in [2.75, 3.05) is 0 Å². The zero-order valence-corrected chi connectivity index (χ0v) is 15.1. The molecular formula is C21H23NO4. The van der Waals surface area contributed by atoms with Crippen LogP contribution in [0.2, 0.25) is 0 Å². The molecule has 5 heteroatoms. The quantitative estimate of drug-likeness (QED) is 0.381. The van der Waals surface area contributed by atoms with Crippen LogP contribution in [0.3, 0.4) is 0 Å². The van der Waals surface area contributed by atoms with Crippen molar-refractivity contribution in [3.05, 3.63) is 81.4 Å². The molecule has 2 rings (SSSR count). The van der Waals surface area contributed by atoms with Crippen LogP contribution in [0.15, 0.2) is 54.6 Å². The van der Waals surface area contributed by atoms with Crippen molar-refractivity contribution in [2.45, 2.75) is 45.1 Å². The molecule has 0 unspecified atom stereocenters. The van der Waals surface area contributed by atoms with Gasteiger partial charge in [0.25, 0.3) is 0 Å². The van der Waals surface area contributed by atoms with Crippen molar-refractivity contribution < 1.29 is 14.5 Å². The van der Waals surface area contributed by atoms with Crippen LogP contribution in [-0.4, -0.2) is 22.5 Å². The molecule has 0 aromatic heterocycles. The third-order valence-electron chi connectivity index (χ3n) is 4.53. The van der Waals surface area contributed by atoms with Gasteiger partial charge in [0.15, 0.2) is 5.78 Å². The molecule has 136 valence electrons. The fourth-order valence-corrected chi connectivity index (χ4v) is 3.04. The monoisotopic (exact) mass is 353 g/mol. The van der Waals surface area contributed by atoms with Crippen molar-refractivity contribution in [1.29, 1.82) is 0 Å². The third kappa shape index (κ3) is 5.34. The Morgan fingerprint density at radius 3 is 2.19 bits per heavy atom. The summed E-state index contributed by atoms with van der Waals surface area (Å²) < 4.78 is 0. The molecule has 0 saturated heterocycles. The first-order valence-corrected chi connectivity index (χ1v) is 8.66. The first kappa shape index (κ1) is 19.5. The second-order valence-corrected chi connectivity index (χ2v) is 6.60. The molecule has 0 aliphatic rings. The van der Waals surface area contributed by atoms with Crippen LogP contribution in [-0.2, 0) is 4.79 Å². The molecule has 0 N–H and O–H groups in total. The van der Waals surface area contributed by atoms with Crippen molar-refractivity contribution in [3.8, 4) is 0 Å². The van der Waals surface area contributed by atoms with Crippen molar-refractivity contribution in [3.63, 3.8) is 0 Å². The van der Waals surface area contributed by atoms with Crippen LogP contribution in [0.1, 0.15) is 53.6 Å². The summed E-state index contributed by atoms with van der Waals surface area (Å²) in [6, 6.07) is 15.3. The van der Waals surface area contributed by atoms with E-state index >= 15 is 0 Å². The average molecular weight is 353 g/mol. The summed E-state index contributed by atoms with van der Waals surface area (Å²) in [5.41, 5.74) is 2.34. The van der Waals surface area contributed by atoms with E-state index in [0.717, 1.165) is 11.1 Å². The lowest BCUT2D eigenvalue weighted by molar-refractivity contribution is -0.527. The van der Waals surface area contributed by atoms with Crippen LogP contribution in [0.4, 0.5) is 0 Å². The number of nitrogens with zero attached hydrogens (tertiary/aromatic N) is 1. The fraction of sp³-hybridized carbons (Fsp3) is 0.333. The lowest BCUT2D eigenvalue weighted by Gasteiger charge is -2.21. The minimum atomic E-state index is -0.976. The summed E-state index contributed by atoms with van der Waals surface area (Å²) in [5.74, 6) is -0.790. The van der Waals surface area contributed by atoms with Gasteiger partial charge in [-0.25, -0.2) is 0 Å². The summed E-state index contributed by atoms with van der Waals surface area (Å²) >= 11 is 0. The van der Waals surface area contributed by atoms with E-state index in [0.29, 0.717) is 5.56 Å². The Labute approximate surface area is 153 Å². The molecule has 0 saturated carbocycles. The van der Waals surface area contributed by atoms with Crippen LogP contribution in [0.5, 0.6) is 0 Å². The van der Waals surface area contributed by atoms with Crippen molar-refractivity contribution >= 4 is 11.6 Å². The predicted molar refractivity (Wildman–Crippen MR) is 100 cm³/mol. The smallest absolute Gasteiger partial charge is 0.220 e. The highest BCUT2D eigenvalue weighted by atomic mass is 16.6. The van der Waals surface area contributed by atoms with Gasteiger partial charge in [0.2, 0.25) is 6.04 Å². The van der Waals surface area contributed by atoms with Crippen molar-refractivity contribution in [2.24, 2.45) is 0 Å². The van der Waals surface area contributed by atoms with E-state index in [9.17, 15) is 19.7 Å². The number of hydrogen-bond acceptors (Lipinski definition) is 4. The Hall–Kier alpha value is -2.82. The molecule has 0 heterocycles. The third-order valence-corrected chi connectivity index (χ3v) is 4.53. The molecule has 5 nitrogen and oxygen atoms in total. The zero-order chi connectivity index (χ0) is 19.1. The maximum absolute atomic E-state index is 12.7. The molecule has 2 aromatic carbocycles. The van der Waals surface area contributed by atoms with Gasteiger partial charge in [0, 0.05) is 29.7 Å². The van der Waals surface area contributed by atoms with Gasteiger partial charge in [-0.1, -0.05) is 60.2 Å². The number of aryl methyl sites for hydroxylation is 1. The van der Waals surface area contributed by atoms with E-state index in [1.165, 1.54) is 6.92 Å². The number of carbonyl (C=O) groups excluding carboxylic acids is 2. The maximum Gasteiger partial charge on any atom is 0.220 e. The van der Waals surface area contributed by atoms with E-state index in [2.05, 4.69) is 0 Å². The van der Waals surface area contributed by atoms with E-state index in [1.54, 1.807) is 36.4 Å². The van der Waals surface area contributed by atoms with E-state index in [-0.39, 0.29) is 35.8 Å². The number of hydrogen-bond donors (Lipinski definition) is 0. The maximum atomic E-state index is 12.7. The normalized spacial score (nSPS) is 13.0. The number of carbonyl (C=O) groups is 2. The second-order valence-electron chi connectivity index (χ2n) is 6.60. The molecule has 0 bridgehead atoms. The molecule has 0 radical (unpaired) electrons. The first-order valence-electron chi connectivity index (χ1n) is 8.66. The minimum Gasteiger partial charge on any atom is -0.300 e. The Bertz CT molecular complexity index is 768. The minimum absolute atomic E-state index is 0.0383. The Morgan fingerprint density at radius 2 is 1.65 bits per heavy atom. The lowest BCUT2D eigenvalue weighted by Crippen LogP contribution is -2.30. The SMILES string of the molecule is CC(=O)CC[C@H]([C@H](CC(=O)c1ccc(C)cc1)c1ccccc1)[N+](=O)[O-]. The highest BCUT2D eigenvalue weighted by molar-refractivity contribution is 5.96. The van der Waals surface area contributed by atoms with Gasteiger partial charge in [-0.15, -0.1) is 0 Å². The number of nitro groups is 1. The van der Waals surface area contributed by atoms with Crippen LogP contribution < -0.4 is 0 Å². The molecule has 26 heavy (non-hydrogen) atoms. The molecule has 0 fully saturated rings. The second kappa shape index (κ2) is 9.04. The van der Waals surface area contributed by atoms with Gasteiger partial charge in [0.05, 0.1) is 5.92 Å². The zero-order valence-electron chi connectivity index (χ0n) is 15.1. The first-order chi connectivity index (χ1) is 12.4. The van der Waals surface area contributed by atoms with Crippen molar-refractivity contribution in [1.82, 2.24) is 0 Å². The van der Waals surface area contributed by atoms with E-state index < -0.39 is 12.0 Å². The summed E-state index contributed by atoms with van der Waals surface area (Å²) in [6.45, 7) is 3.36. The van der Waals surface area contributed by atoms with Gasteiger partial charge < -0.3 is 4.79 Å². The Balaban J connectivity index is 2.30. The largest absolute Gasteiger partial charge is 0.300 e. The molecule has 2 atom stereocenters. The van der Waals surface area contributed by atoms with E-state index in [1.807, 2.05) is 25.1 Å². The fourth-order valence-electron chi connectivity index (χ4n) is 3.04. The Morgan fingerprint density at radius 1 is 1.04 bits per heavy atom. The molecular weight excluding hydrogens is 330 g/mol. The highest BCUT2D eigenvalue weighted by Gasteiger charge is 2.34. The van der Waals surface area contributed by atoms with Gasteiger partial charge in [-0.05, 0) is 19.4 Å². The number of rotatable bonds is 9. The van der Waals surface area contributed by atoms with Gasteiger partial charge in [0.1, 0.15) is 5.78 Å².